The maximum Gasteiger partial charge on any atom is 0.240 e. The van der Waals surface area contributed by atoms with Crippen LogP contribution in [0.2, 0.25) is 0 Å². The van der Waals surface area contributed by atoms with Crippen molar-refractivity contribution in [2.75, 3.05) is 0 Å². The summed E-state index contributed by atoms with van der Waals surface area (Å²) < 4.78 is 0. The summed E-state index contributed by atoms with van der Waals surface area (Å²) in [5.74, 6) is 1.40. The van der Waals surface area contributed by atoms with Crippen LogP contribution in [0, 0.1) is 0 Å². The second-order valence-electron chi connectivity index (χ2n) is 2.78. The molecule has 1 fully saturated rings. The second-order valence-corrected chi connectivity index (χ2v) is 2.78. The van der Waals surface area contributed by atoms with Gasteiger partial charge in [-0.1, -0.05) is 0 Å². The zero-order valence-corrected chi connectivity index (χ0v) is 6.40. The van der Waals surface area contributed by atoms with Crippen molar-refractivity contribution in [3.8, 4) is 0 Å². The maximum absolute atomic E-state index is 9.86. The van der Waals surface area contributed by atoms with Crippen LogP contribution in [0.5, 0.6) is 0 Å². The Labute approximate surface area is 69.4 Å². The summed E-state index contributed by atoms with van der Waals surface area (Å²) in [6.45, 7) is 0. The zero-order chi connectivity index (χ0) is 8.39. The standard InChI is InChI=1S/C8H7N3O/c12-5-11-7-3-9-8(10-4-7)6-1-2-6/h3-4,6H,1-2H2. The first-order chi connectivity index (χ1) is 5.90. The highest BCUT2D eigenvalue weighted by molar-refractivity contribution is 5.45. The summed E-state index contributed by atoms with van der Waals surface area (Å²) in [5, 5.41) is 0. The third kappa shape index (κ3) is 1.38. The van der Waals surface area contributed by atoms with Crippen molar-refractivity contribution in [2.24, 2.45) is 4.99 Å². The van der Waals surface area contributed by atoms with E-state index in [4.69, 9.17) is 0 Å². The van der Waals surface area contributed by atoms with Crippen LogP contribution >= 0.6 is 0 Å². The van der Waals surface area contributed by atoms with Crippen molar-refractivity contribution >= 4 is 11.8 Å². The van der Waals surface area contributed by atoms with Crippen molar-refractivity contribution in [1.82, 2.24) is 9.97 Å². The van der Waals surface area contributed by atoms with Crippen LogP contribution in [0.3, 0.4) is 0 Å². The minimum atomic E-state index is 0.467. The molecule has 12 heavy (non-hydrogen) atoms. The highest BCUT2D eigenvalue weighted by Gasteiger charge is 2.25. The van der Waals surface area contributed by atoms with Crippen LogP contribution in [0.4, 0.5) is 5.69 Å². The van der Waals surface area contributed by atoms with Gasteiger partial charge in [-0.15, -0.1) is 0 Å². The van der Waals surface area contributed by atoms with E-state index in [2.05, 4.69) is 15.0 Å². The van der Waals surface area contributed by atoms with Crippen molar-refractivity contribution < 1.29 is 4.79 Å². The number of nitrogens with zero attached hydrogens (tertiary/aromatic N) is 3. The van der Waals surface area contributed by atoms with E-state index in [9.17, 15) is 4.79 Å². The Morgan fingerprint density at radius 2 is 2.08 bits per heavy atom. The van der Waals surface area contributed by atoms with Crippen LogP contribution < -0.4 is 0 Å². The summed E-state index contributed by atoms with van der Waals surface area (Å²) in [5.41, 5.74) is 0.467. The summed E-state index contributed by atoms with van der Waals surface area (Å²) in [6, 6.07) is 0. The number of hydrogen-bond acceptors (Lipinski definition) is 4. The number of aliphatic imine (C=N–C) groups is 1. The first-order valence-corrected chi connectivity index (χ1v) is 3.80. The molecule has 2 rings (SSSR count). The minimum absolute atomic E-state index is 0.467. The lowest BCUT2D eigenvalue weighted by molar-refractivity contribution is 0.565. The molecule has 1 saturated carbocycles. The van der Waals surface area contributed by atoms with E-state index in [0.717, 1.165) is 5.82 Å². The topological polar surface area (TPSA) is 55.2 Å². The monoisotopic (exact) mass is 161 g/mol. The molecule has 0 atom stereocenters. The molecule has 0 bridgehead atoms. The van der Waals surface area contributed by atoms with Crippen LogP contribution in [-0.4, -0.2) is 16.0 Å². The quantitative estimate of drug-likeness (QED) is 0.485. The molecule has 1 aromatic rings. The Balaban J connectivity index is 2.23. The maximum atomic E-state index is 9.86. The molecule has 1 aliphatic carbocycles. The summed E-state index contributed by atoms with van der Waals surface area (Å²) in [4.78, 5) is 21.4. The molecule has 0 unspecified atom stereocenters. The molecule has 1 aromatic heterocycles. The number of rotatable bonds is 2. The van der Waals surface area contributed by atoms with Gasteiger partial charge < -0.3 is 0 Å². The molecular weight excluding hydrogens is 154 g/mol. The number of aromatic nitrogens is 2. The first kappa shape index (κ1) is 7.13. The van der Waals surface area contributed by atoms with Gasteiger partial charge in [-0.3, -0.25) is 0 Å². The Kier molecular flexibility index (Phi) is 1.68. The van der Waals surface area contributed by atoms with Crippen LogP contribution in [0.25, 0.3) is 0 Å². The fraction of sp³-hybridized carbons (Fsp3) is 0.375. The molecule has 1 aliphatic rings. The molecule has 0 radical (unpaired) electrons. The van der Waals surface area contributed by atoms with E-state index in [1.165, 1.54) is 18.9 Å². The van der Waals surface area contributed by atoms with Crippen molar-refractivity contribution in [3.05, 3.63) is 18.2 Å². The van der Waals surface area contributed by atoms with Gasteiger partial charge in [-0.05, 0) is 12.8 Å². The average molecular weight is 161 g/mol. The molecule has 0 N–H and O–H groups in total. The SMILES string of the molecule is O=C=Nc1cnc(C2CC2)nc1. The molecule has 0 aliphatic heterocycles. The molecule has 0 spiro atoms. The predicted molar refractivity (Wildman–Crippen MR) is 41.8 cm³/mol. The fourth-order valence-corrected chi connectivity index (χ4v) is 0.994. The predicted octanol–water partition coefficient (Wildman–Crippen LogP) is 1.32. The number of isocyanates is 1. The van der Waals surface area contributed by atoms with E-state index in [-0.39, 0.29) is 0 Å². The van der Waals surface area contributed by atoms with Gasteiger partial charge in [0.15, 0.2) is 0 Å². The second kappa shape index (κ2) is 2.83. The van der Waals surface area contributed by atoms with E-state index in [1.807, 2.05) is 0 Å². The van der Waals surface area contributed by atoms with Gasteiger partial charge in [0.05, 0.1) is 12.4 Å². The van der Waals surface area contributed by atoms with Gasteiger partial charge in [0, 0.05) is 5.92 Å². The van der Waals surface area contributed by atoms with E-state index >= 15 is 0 Å². The lowest BCUT2D eigenvalue weighted by Gasteiger charge is -1.93. The number of hydrogen-bond donors (Lipinski definition) is 0. The van der Waals surface area contributed by atoms with E-state index in [0.29, 0.717) is 11.6 Å². The van der Waals surface area contributed by atoms with Gasteiger partial charge in [-0.2, -0.15) is 4.99 Å². The first-order valence-electron chi connectivity index (χ1n) is 3.80. The normalized spacial score (nSPS) is 15.3. The highest BCUT2D eigenvalue weighted by atomic mass is 16.1. The molecular formula is C8H7N3O. The highest BCUT2D eigenvalue weighted by Crippen LogP contribution is 2.37. The number of carbonyl (C=O) groups excluding carboxylic acids is 1. The Morgan fingerprint density at radius 3 is 2.58 bits per heavy atom. The van der Waals surface area contributed by atoms with Crippen molar-refractivity contribution in [1.29, 1.82) is 0 Å². The molecule has 0 amide bonds. The van der Waals surface area contributed by atoms with Gasteiger partial charge in [0.25, 0.3) is 0 Å². The van der Waals surface area contributed by atoms with Crippen molar-refractivity contribution in [3.63, 3.8) is 0 Å². The van der Waals surface area contributed by atoms with Gasteiger partial charge in [0.1, 0.15) is 11.5 Å². The van der Waals surface area contributed by atoms with E-state index in [1.54, 1.807) is 12.4 Å². The molecule has 4 nitrogen and oxygen atoms in total. The largest absolute Gasteiger partial charge is 0.240 e. The minimum Gasteiger partial charge on any atom is -0.239 e. The molecule has 4 heteroatoms. The lowest BCUT2D eigenvalue weighted by atomic mass is 10.4. The Morgan fingerprint density at radius 1 is 1.42 bits per heavy atom. The van der Waals surface area contributed by atoms with E-state index < -0.39 is 0 Å². The third-order valence-electron chi connectivity index (χ3n) is 1.78. The summed E-state index contributed by atoms with van der Waals surface area (Å²) in [6.07, 6.45) is 6.89. The fourth-order valence-electron chi connectivity index (χ4n) is 0.994. The summed E-state index contributed by atoms with van der Waals surface area (Å²) in [7, 11) is 0. The average Bonchev–Trinajstić information content (AvgIpc) is 2.89. The molecule has 60 valence electrons. The zero-order valence-electron chi connectivity index (χ0n) is 6.40. The molecule has 1 heterocycles. The van der Waals surface area contributed by atoms with Gasteiger partial charge in [0.2, 0.25) is 6.08 Å². The van der Waals surface area contributed by atoms with Gasteiger partial charge in [-0.25, -0.2) is 14.8 Å². The van der Waals surface area contributed by atoms with Crippen LogP contribution in [-0.2, 0) is 4.79 Å². The summed E-state index contributed by atoms with van der Waals surface area (Å²) >= 11 is 0. The van der Waals surface area contributed by atoms with Crippen LogP contribution in [0.15, 0.2) is 17.4 Å². The van der Waals surface area contributed by atoms with Crippen LogP contribution in [0.1, 0.15) is 24.6 Å². The van der Waals surface area contributed by atoms with Crippen molar-refractivity contribution in [2.45, 2.75) is 18.8 Å². The Hall–Kier alpha value is -1.54. The smallest absolute Gasteiger partial charge is 0.239 e. The van der Waals surface area contributed by atoms with Gasteiger partial charge >= 0.3 is 0 Å². The third-order valence-corrected chi connectivity index (χ3v) is 1.78. The molecule has 0 saturated heterocycles. The lowest BCUT2D eigenvalue weighted by Crippen LogP contribution is -1.88. The Bertz CT molecular complexity index is 323. The molecule has 0 aromatic carbocycles.